The van der Waals surface area contributed by atoms with Gasteiger partial charge in [0.15, 0.2) is 0 Å². The first-order valence-corrected chi connectivity index (χ1v) is 4.44. The highest BCUT2D eigenvalue weighted by atomic mass is 16.4. The van der Waals surface area contributed by atoms with Gasteiger partial charge in [-0.2, -0.15) is 0 Å². The predicted molar refractivity (Wildman–Crippen MR) is 55.5 cm³/mol. The molecule has 0 spiro atoms. The highest BCUT2D eigenvalue weighted by Gasteiger charge is 2.09. The van der Waals surface area contributed by atoms with Crippen LogP contribution in [0.15, 0.2) is 36.0 Å². The molecule has 0 aliphatic heterocycles. The van der Waals surface area contributed by atoms with Gasteiger partial charge in [-0.3, -0.25) is 0 Å². The van der Waals surface area contributed by atoms with Crippen molar-refractivity contribution in [2.75, 3.05) is 0 Å². The molecule has 1 rings (SSSR count). The summed E-state index contributed by atoms with van der Waals surface area (Å²) in [5, 5.41) is 8.76. The van der Waals surface area contributed by atoms with Crippen molar-refractivity contribution < 1.29 is 9.90 Å². The maximum absolute atomic E-state index is 10.7. The molecule has 3 heteroatoms. The standard InChI is InChI=1S/C11H13NO2/c1-2-9(10(12)11(13)14)8-6-4-3-5-7-8/h3-7H,2,12H2,1H3,(H,13,14)/b10-9+. The summed E-state index contributed by atoms with van der Waals surface area (Å²) in [5.41, 5.74) is 6.96. The van der Waals surface area contributed by atoms with E-state index in [0.717, 1.165) is 5.56 Å². The fourth-order valence-corrected chi connectivity index (χ4v) is 1.32. The number of carboxylic acid groups (broad SMARTS) is 1. The van der Waals surface area contributed by atoms with Crippen LogP contribution in [-0.4, -0.2) is 11.1 Å². The maximum atomic E-state index is 10.7. The van der Waals surface area contributed by atoms with Crippen molar-refractivity contribution in [1.29, 1.82) is 0 Å². The number of rotatable bonds is 3. The number of nitrogens with two attached hydrogens (primary N) is 1. The minimum atomic E-state index is -1.06. The highest BCUT2D eigenvalue weighted by molar-refractivity contribution is 5.95. The van der Waals surface area contributed by atoms with Crippen molar-refractivity contribution in [3.05, 3.63) is 41.6 Å². The quantitative estimate of drug-likeness (QED) is 0.716. The summed E-state index contributed by atoms with van der Waals surface area (Å²) in [6, 6.07) is 9.32. The Kier molecular flexibility index (Phi) is 3.29. The Morgan fingerprint density at radius 1 is 1.36 bits per heavy atom. The fourth-order valence-electron chi connectivity index (χ4n) is 1.32. The number of carbonyl (C=O) groups is 1. The monoisotopic (exact) mass is 191 g/mol. The van der Waals surface area contributed by atoms with Crippen LogP contribution >= 0.6 is 0 Å². The lowest BCUT2D eigenvalue weighted by molar-refractivity contribution is -0.132. The van der Waals surface area contributed by atoms with Crippen LogP contribution in [0.5, 0.6) is 0 Å². The topological polar surface area (TPSA) is 63.3 Å². The second-order valence-electron chi connectivity index (χ2n) is 2.92. The molecule has 3 N–H and O–H groups in total. The van der Waals surface area contributed by atoms with Crippen molar-refractivity contribution in [1.82, 2.24) is 0 Å². The van der Waals surface area contributed by atoms with Gasteiger partial charge in [0.2, 0.25) is 0 Å². The van der Waals surface area contributed by atoms with Gasteiger partial charge in [-0.05, 0) is 17.6 Å². The summed E-state index contributed by atoms with van der Waals surface area (Å²) in [5.74, 6) is -1.06. The molecular weight excluding hydrogens is 178 g/mol. The van der Waals surface area contributed by atoms with Gasteiger partial charge in [0, 0.05) is 0 Å². The molecule has 1 aromatic rings. The lowest BCUT2D eigenvalue weighted by Crippen LogP contribution is -2.12. The largest absolute Gasteiger partial charge is 0.477 e. The maximum Gasteiger partial charge on any atom is 0.352 e. The van der Waals surface area contributed by atoms with Crippen molar-refractivity contribution in [2.45, 2.75) is 13.3 Å². The number of aliphatic carboxylic acids is 1. The molecule has 0 aliphatic rings. The summed E-state index contributed by atoms with van der Waals surface area (Å²) in [7, 11) is 0. The summed E-state index contributed by atoms with van der Waals surface area (Å²) in [6.07, 6.45) is 0.613. The van der Waals surface area contributed by atoms with E-state index in [4.69, 9.17) is 10.8 Å². The minimum Gasteiger partial charge on any atom is -0.477 e. The summed E-state index contributed by atoms with van der Waals surface area (Å²) >= 11 is 0. The Morgan fingerprint density at radius 3 is 2.36 bits per heavy atom. The Balaban J connectivity index is 3.17. The van der Waals surface area contributed by atoms with Gasteiger partial charge in [-0.15, -0.1) is 0 Å². The molecule has 0 heterocycles. The first kappa shape index (κ1) is 10.3. The average molecular weight is 191 g/mol. The van der Waals surface area contributed by atoms with Crippen LogP contribution < -0.4 is 5.73 Å². The number of benzene rings is 1. The normalized spacial score (nSPS) is 12.1. The second kappa shape index (κ2) is 4.46. The van der Waals surface area contributed by atoms with E-state index in [2.05, 4.69) is 0 Å². The van der Waals surface area contributed by atoms with Crippen LogP contribution in [0.25, 0.3) is 5.57 Å². The molecule has 0 bridgehead atoms. The zero-order valence-electron chi connectivity index (χ0n) is 8.03. The molecular formula is C11H13NO2. The highest BCUT2D eigenvalue weighted by Crippen LogP contribution is 2.19. The van der Waals surface area contributed by atoms with E-state index in [1.54, 1.807) is 0 Å². The molecule has 14 heavy (non-hydrogen) atoms. The van der Waals surface area contributed by atoms with E-state index < -0.39 is 5.97 Å². The second-order valence-corrected chi connectivity index (χ2v) is 2.92. The molecule has 0 aromatic heterocycles. The van der Waals surface area contributed by atoms with Crippen molar-refractivity contribution in [3.63, 3.8) is 0 Å². The Morgan fingerprint density at radius 2 is 1.93 bits per heavy atom. The van der Waals surface area contributed by atoms with Crippen molar-refractivity contribution in [2.24, 2.45) is 5.73 Å². The van der Waals surface area contributed by atoms with Crippen LogP contribution in [0.3, 0.4) is 0 Å². The van der Waals surface area contributed by atoms with Gasteiger partial charge in [-0.25, -0.2) is 4.79 Å². The van der Waals surface area contributed by atoms with Crippen molar-refractivity contribution >= 4 is 11.5 Å². The lowest BCUT2D eigenvalue weighted by Gasteiger charge is -2.06. The first-order valence-electron chi connectivity index (χ1n) is 4.44. The van der Waals surface area contributed by atoms with Crippen LogP contribution in [-0.2, 0) is 4.79 Å². The molecule has 0 atom stereocenters. The predicted octanol–water partition coefficient (Wildman–Crippen LogP) is 1.85. The van der Waals surface area contributed by atoms with Gasteiger partial charge >= 0.3 is 5.97 Å². The number of carboxylic acids is 1. The Bertz CT molecular complexity index is 355. The van der Waals surface area contributed by atoms with Crippen LogP contribution in [0.4, 0.5) is 0 Å². The molecule has 0 radical (unpaired) electrons. The molecule has 0 unspecified atom stereocenters. The van der Waals surface area contributed by atoms with Crippen LogP contribution in [0.2, 0.25) is 0 Å². The molecule has 74 valence electrons. The average Bonchev–Trinajstić information content (AvgIpc) is 2.20. The fraction of sp³-hybridized carbons (Fsp3) is 0.182. The third kappa shape index (κ3) is 2.13. The number of hydrogen-bond acceptors (Lipinski definition) is 2. The SMILES string of the molecule is CC/C(=C(\N)C(=O)O)c1ccccc1. The molecule has 0 saturated carbocycles. The molecule has 0 aliphatic carbocycles. The first-order chi connectivity index (χ1) is 6.66. The van der Waals surface area contributed by atoms with E-state index in [1.807, 2.05) is 37.3 Å². The zero-order chi connectivity index (χ0) is 10.6. The number of hydrogen-bond donors (Lipinski definition) is 2. The molecule has 3 nitrogen and oxygen atoms in total. The van der Waals surface area contributed by atoms with Gasteiger partial charge in [-0.1, -0.05) is 37.3 Å². The van der Waals surface area contributed by atoms with Crippen LogP contribution in [0, 0.1) is 0 Å². The molecule has 1 aromatic carbocycles. The Hall–Kier alpha value is -1.77. The third-order valence-electron chi connectivity index (χ3n) is 2.03. The van der Waals surface area contributed by atoms with E-state index in [0.29, 0.717) is 12.0 Å². The van der Waals surface area contributed by atoms with E-state index >= 15 is 0 Å². The lowest BCUT2D eigenvalue weighted by atomic mass is 10.0. The van der Waals surface area contributed by atoms with Crippen molar-refractivity contribution in [3.8, 4) is 0 Å². The van der Waals surface area contributed by atoms with Gasteiger partial charge in [0.1, 0.15) is 5.70 Å². The van der Waals surface area contributed by atoms with Gasteiger partial charge in [0.05, 0.1) is 0 Å². The Labute approximate surface area is 82.9 Å². The molecule has 0 fully saturated rings. The van der Waals surface area contributed by atoms with E-state index in [-0.39, 0.29) is 5.70 Å². The zero-order valence-corrected chi connectivity index (χ0v) is 8.03. The minimum absolute atomic E-state index is 0.0706. The molecule has 0 amide bonds. The van der Waals surface area contributed by atoms with Crippen LogP contribution in [0.1, 0.15) is 18.9 Å². The van der Waals surface area contributed by atoms with E-state index in [1.165, 1.54) is 0 Å². The van der Waals surface area contributed by atoms with Gasteiger partial charge < -0.3 is 10.8 Å². The summed E-state index contributed by atoms with van der Waals surface area (Å²) < 4.78 is 0. The third-order valence-corrected chi connectivity index (χ3v) is 2.03. The number of allylic oxidation sites excluding steroid dienone is 1. The van der Waals surface area contributed by atoms with E-state index in [9.17, 15) is 4.79 Å². The summed E-state index contributed by atoms with van der Waals surface area (Å²) in [6.45, 7) is 1.89. The van der Waals surface area contributed by atoms with Gasteiger partial charge in [0.25, 0.3) is 0 Å². The smallest absolute Gasteiger partial charge is 0.352 e. The summed E-state index contributed by atoms with van der Waals surface area (Å²) in [4.78, 5) is 10.7. The molecule has 0 saturated heterocycles.